The van der Waals surface area contributed by atoms with Gasteiger partial charge in [0.15, 0.2) is 0 Å². The first-order valence-electron chi connectivity index (χ1n) is 7.72. The van der Waals surface area contributed by atoms with Crippen LogP contribution in [0.25, 0.3) is 0 Å². The molecule has 0 aromatic rings. The van der Waals surface area contributed by atoms with E-state index in [1.165, 1.54) is 12.8 Å². The molecule has 0 saturated heterocycles. The molecule has 20 heavy (non-hydrogen) atoms. The highest BCUT2D eigenvalue weighted by molar-refractivity contribution is 4.92. The third kappa shape index (κ3) is 7.55. The van der Waals surface area contributed by atoms with E-state index in [1.807, 2.05) is 0 Å². The number of nitrogens with zero attached hydrogens (tertiary/aromatic N) is 1. The molecule has 0 spiro atoms. The van der Waals surface area contributed by atoms with Crippen molar-refractivity contribution in [1.82, 2.24) is 10.2 Å². The lowest BCUT2D eigenvalue weighted by Crippen LogP contribution is -2.47. The van der Waals surface area contributed by atoms with Gasteiger partial charge in [-0.2, -0.15) is 0 Å². The van der Waals surface area contributed by atoms with Crippen LogP contribution in [0.3, 0.4) is 0 Å². The summed E-state index contributed by atoms with van der Waals surface area (Å²) >= 11 is 0. The van der Waals surface area contributed by atoms with Gasteiger partial charge >= 0.3 is 0 Å². The molecule has 1 aliphatic rings. The largest absolute Gasteiger partial charge is 0.394 e. The molecule has 0 amide bonds. The Balaban J connectivity index is 2.25. The molecule has 5 heteroatoms. The van der Waals surface area contributed by atoms with Crippen molar-refractivity contribution in [2.75, 3.05) is 53.7 Å². The van der Waals surface area contributed by atoms with E-state index in [0.29, 0.717) is 6.04 Å². The average molecular weight is 288 g/mol. The Morgan fingerprint density at radius 2 is 1.75 bits per heavy atom. The predicted octanol–water partition coefficient (Wildman–Crippen LogP) is 0.864. The second kappa shape index (κ2) is 9.68. The maximum Gasteiger partial charge on any atom is 0.0610 e. The zero-order chi connectivity index (χ0) is 14.8. The van der Waals surface area contributed by atoms with E-state index in [-0.39, 0.29) is 12.1 Å². The van der Waals surface area contributed by atoms with Crippen molar-refractivity contribution in [1.29, 1.82) is 0 Å². The van der Waals surface area contributed by atoms with Crippen LogP contribution in [0.2, 0.25) is 0 Å². The fourth-order valence-electron chi connectivity index (χ4n) is 2.39. The van der Waals surface area contributed by atoms with Crippen molar-refractivity contribution in [2.45, 2.75) is 44.2 Å². The van der Waals surface area contributed by atoms with Gasteiger partial charge in [-0.05, 0) is 39.2 Å². The topological polar surface area (TPSA) is 54.0 Å². The van der Waals surface area contributed by atoms with Gasteiger partial charge in [0.1, 0.15) is 0 Å². The van der Waals surface area contributed by atoms with Crippen molar-refractivity contribution in [3.8, 4) is 0 Å². The summed E-state index contributed by atoms with van der Waals surface area (Å²) in [4.78, 5) is 2.36. The minimum atomic E-state index is -0.130. The monoisotopic (exact) mass is 288 g/mol. The van der Waals surface area contributed by atoms with Crippen LogP contribution in [0.5, 0.6) is 0 Å². The van der Waals surface area contributed by atoms with Gasteiger partial charge < -0.3 is 19.9 Å². The van der Waals surface area contributed by atoms with Crippen molar-refractivity contribution < 1.29 is 14.6 Å². The SMILES string of the molecule is COCCN(CCCC(C)(CO)NC1CC1)CCOC. The molecule has 0 aromatic heterocycles. The Hall–Kier alpha value is -0.200. The quantitative estimate of drug-likeness (QED) is 0.526. The number of ether oxygens (including phenoxy) is 2. The maximum atomic E-state index is 9.59. The lowest BCUT2D eigenvalue weighted by molar-refractivity contribution is 0.107. The third-order valence-corrected chi connectivity index (χ3v) is 3.91. The van der Waals surface area contributed by atoms with E-state index in [4.69, 9.17) is 9.47 Å². The molecule has 0 radical (unpaired) electrons. The summed E-state index contributed by atoms with van der Waals surface area (Å²) in [6, 6.07) is 0.630. The Morgan fingerprint density at radius 1 is 1.15 bits per heavy atom. The lowest BCUT2D eigenvalue weighted by atomic mass is 9.96. The summed E-state index contributed by atoms with van der Waals surface area (Å²) in [6.45, 7) is 6.73. The van der Waals surface area contributed by atoms with Gasteiger partial charge in [-0.25, -0.2) is 0 Å². The van der Waals surface area contributed by atoms with Gasteiger partial charge in [-0.3, -0.25) is 4.90 Å². The summed E-state index contributed by atoms with van der Waals surface area (Å²) < 4.78 is 10.3. The first-order valence-corrected chi connectivity index (χ1v) is 7.72. The number of aliphatic hydroxyl groups excluding tert-OH is 1. The first kappa shape index (κ1) is 17.9. The highest BCUT2D eigenvalue weighted by Gasteiger charge is 2.31. The van der Waals surface area contributed by atoms with Crippen molar-refractivity contribution >= 4 is 0 Å². The van der Waals surface area contributed by atoms with E-state index in [9.17, 15) is 5.11 Å². The number of methoxy groups -OCH3 is 2. The highest BCUT2D eigenvalue weighted by atomic mass is 16.5. The predicted molar refractivity (Wildman–Crippen MR) is 81.1 cm³/mol. The number of hydrogen-bond acceptors (Lipinski definition) is 5. The Bertz CT molecular complexity index is 241. The molecule has 0 aliphatic heterocycles. The molecule has 0 heterocycles. The van der Waals surface area contributed by atoms with Gasteiger partial charge in [-0.1, -0.05) is 0 Å². The van der Waals surface area contributed by atoms with E-state index in [2.05, 4.69) is 17.1 Å². The zero-order valence-corrected chi connectivity index (χ0v) is 13.4. The highest BCUT2D eigenvalue weighted by Crippen LogP contribution is 2.24. The van der Waals surface area contributed by atoms with E-state index in [0.717, 1.165) is 45.7 Å². The standard InChI is InChI=1S/C15H32N2O3/c1-15(13-18,16-14-5-6-14)7-4-8-17(9-11-19-2)10-12-20-3/h14,16,18H,4-13H2,1-3H3. The van der Waals surface area contributed by atoms with Crippen molar-refractivity contribution in [2.24, 2.45) is 0 Å². The molecule has 120 valence electrons. The van der Waals surface area contributed by atoms with Crippen LogP contribution in [0.4, 0.5) is 0 Å². The zero-order valence-electron chi connectivity index (χ0n) is 13.4. The number of hydrogen-bond donors (Lipinski definition) is 2. The normalized spacial score (nSPS) is 18.4. The maximum absolute atomic E-state index is 9.59. The van der Waals surface area contributed by atoms with Crippen molar-refractivity contribution in [3.63, 3.8) is 0 Å². The number of nitrogens with one attached hydrogen (secondary N) is 1. The van der Waals surface area contributed by atoms with Crippen LogP contribution in [-0.2, 0) is 9.47 Å². The molecule has 1 unspecified atom stereocenters. The molecule has 0 bridgehead atoms. The average Bonchev–Trinajstić information content (AvgIpc) is 3.25. The first-order chi connectivity index (χ1) is 9.63. The van der Waals surface area contributed by atoms with Crippen LogP contribution in [0, 0.1) is 0 Å². The van der Waals surface area contributed by atoms with E-state index >= 15 is 0 Å². The Labute approximate surface area is 123 Å². The lowest BCUT2D eigenvalue weighted by Gasteiger charge is -2.30. The Morgan fingerprint density at radius 3 is 2.20 bits per heavy atom. The summed E-state index contributed by atoms with van der Waals surface area (Å²) in [5.74, 6) is 0. The second-order valence-electron chi connectivity index (χ2n) is 6.07. The number of rotatable bonds is 13. The molecule has 2 N–H and O–H groups in total. The molecule has 1 atom stereocenters. The third-order valence-electron chi connectivity index (χ3n) is 3.91. The van der Waals surface area contributed by atoms with E-state index < -0.39 is 0 Å². The molecular formula is C15H32N2O3. The number of aliphatic hydroxyl groups is 1. The van der Waals surface area contributed by atoms with Gasteiger partial charge in [0.25, 0.3) is 0 Å². The van der Waals surface area contributed by atoms with E-state index in [1.54, 1.807) is 14.2 Å². The van der Waals surface area contributed by atoms with Gasteiger partial charge in [0, 0.05) is 38.9 Å². The molecule has 1 aliphatic carbocycles. The summed E-state index contributed by atoms with van der Waals surface area (Å²) in [7, 11) is 3.47. The molecule has 0 aromatic carbocycles. The van der Waals surface area contributed by atoms with Gasteiger partial charge in [-0.15, -0.1) is 0 Å². The fraction of sp³-hybridized carbons (Fsp3) is 1.00. The van der Waals surface area contributed by atoms with Crippen LogP contribution in [0.15, 0.2) is 0 Å². The van der Waals surface area contributed by atoms with Crippen LogP contribution in [0.1, 0.15) is 32.6 Å². The fourth-order valence-corrected chi connectivity index (χ4v) is 2.39. The summed E-state index contributed by atoms with van der Waals surface area (Å²) in [6.07, 6.45) is 4.58. The molecular weight excluding hydrogens is 256 g/mol. The van der Waals surface area contributed by atoms with Gasteiger partial charge in [0.2, 0.25) is 0 Å². The minimum absolute atomic E-state index is 0.130. The Kier molecular flexibility index (Phi) is 8.64. The van der Waals surface area contributed by atoms with Crippen LogP contribution in [-0.4, -0.2) is 75.3 Å². The van der Waals surface area contributed by atoms with Crippen molar-refractivity contribution in [3.05, 3.63) is 0 Å². The smallest absolute Gasteiger partial charge is 0.0610 e. The minimum Gasteiger partial charge on any atom is -0.394 e. The molecule has 5 nitrogen and oxygen atoms in total. The van der Waals surface area contributed by atoms with Crippen LogP contribution < -0.4 is 5.32 Å². The summed E-state index contributed by atoms with van der Waals surface area (Å²) in [5, 5.41) is 13.2. The van der Waals surface area contributed by atoms with Gasteiger partial charge in [0.05, 0.1) is 19.8 Å². The molecule has 1 saturated carbocycles. The second-order valence-corrected chi connectivity index (χ2v) is 6.07. The van der Waals surface area contributed by atoms with Crippen LogP contribution >= 0.6 is 0 Å². The molecule has 1 fully saturated rings. The summed E-state index contributed by atoms with van der Waals surface area (Å²) in [5.41, 5.74) is -0.130. The molecule has 1 rings (SSSR count).